The number of hydrogen-bond acceptors (Lipinski definition) is 3. The topological polar surface area (TPSA) is 38.5 Å². The van der Waals surface area contributed by atoms with Gasteiger partial charge in [-0.3, -0.25) is 0 Å². The van der Waals surface area contributed by atoms with Gasteiger partial charge in [0.05, 0.1) is 6.10 Å². The Morgan fingerprint density at radius 2 is 2.00 bits per heavy atom. The van der Waals surface area contributed by atoms with Crippen LogP contribution in [0.3, 0.4) is 0 Å². The zero-order valence-corrected chi connectivity index (χ0v) is 11.6. The molecular formula is C14H28N2O. The summed E-state index contributed by atoms with van der Waals surface area (Å²) in [4.78, 5) is 2.49. The van der Waals surface area contributed by atoms with Gasteiger partial charge in [-0.1, -0.05) is 6.92 Å². The minimum Gasteiger partial charge on any atom is -0.377 e. The molecular weight excluding hydrogens is 212 g/mol. The fourth-order valence-corrected chi connectivity index (χ4v) is 3.54. The SMILES string of the molecule is CC1CCC(N)C(CN(C)C2CCOC2C)C1. The Hall–Kier alpha value is -0.120. The molecule has 2 aliphatic rings. The zero-order valence-electron chi connectivity index (χ0n) is 11.6. The highest BCUT2D eigenvalue weighted by molar-refractivity contribution is 4.86. The highest BCUT2D eigenvalue weighted by Gasteiger charge is 2.32. The maximum atomic E-state index is 6.26. The standard InChI is InChI=1S/C14H28N2O/c1-10-4-5-13(15)12(8-10)9-16(3)14-6-7-17-11(14)2/h10-14H,4-9,15H2,1-3H3. The van der Waals surface area contributed by atoms with E-state index in [0.29, 0.717) is 24.1 Å². The molecule has 0 radical (unpaired) electrons. The van der Waals surface area contributed by atoms with Gasteiger partial charge in [-0.05, 0) is 51.5 Å². The molecule has 17 heavy (non-hydrogen) atoms. The van der Waals surface area contributed by atoms with Gasteiger partial charge in [-0.25, -0.2) is 0 Å². The van der Waals surface area contributed by atoms with E-state index in [2.05, 4.69) is 25.8 Å². The van der Waals surface area contributed by atoms with E-state index >= 15 is 0 Å². The molecule has 2 N–H and O–H groups in total. The van der Waals surface area contributed by atoms with Gasteiger partial charge in [0, 0.05) is 25.2 Å². The van der Waals surface area contributed by atoms with Crippen molar-refractivity contribution in [3.8, 4) is 0 Å². The van der Waals surface area contributed by atoms with E-state index in [1.807, 2.05) is 0 Å². The third-order valence-corrected chi connectivity index (χ3v) is 4.73. The normalized spacial score (nSPS) is 43.2. The fourth-order valence-electron chi connectivity index (χ4n) is 3.54. The van der Waals surface area contributed by atoms with Crippen LogP contribution in [0.25, 0.3) is 0 Å². The van der Waals surface area contributed by atoms with Crippen molar-refractivity contribution >= 4 is 0 Å². The Kier molecular flexibility index (Phi) is 4.45. The molecule has 1 saturated heterocycles. The van der Waals surface area contributed by atoms with Crippen LogP contribution in [0.15, 0.2) is 0 Å². The molecule has 5 atom stereocenters. The van der Waals surface area contributed by atoms with Crippen LogP contribution in [-0.2, 0) is 4.74 Å². The summed E-state index contributed by atoms with van der Waals surface area (Å²) in [5.41, 5.74) is 6.26. The summed E-state index contributed by atoms with van der Waals surface area (Å²) in [7, 11) is 2.24. The van der Waals surface area contributed by atoms with Crippen LogP contribution >= 0.6 is 0 Å². The molecule has 2 fully saturated rings. The van der Waals surface area contributed by atoms with Crippen LogP contribution in [0.1, 0.15) is 39.5 Å². The fraction of sp³-hybridized carbons (Fsp3) is 1.00. The molecule has 0 spiro atoms. The van der Waals surface area contributed by atoms with Crippen LogP contribution in [0.5, 0.6) is 0 Å². The number of nitrogens with two attached hydrogens (primary N) is 1. The highest BCUT2D eigenvalue weighted by atomic mass is 16.5. The van der Waals surface area contributed by atoms with Crippen molar-refractivity contribution in [1.29, 1.82) is 0 Å². The number of nitrogens with zero attached hydrogens (tertiary/aromatic N) is 1. The summed E-state index contributed by atoms with van der Waals surface area (Å²) in [5, 5.41) is 0. The van der Waals surface area contributed by atoms with Gasteiger partial charge >= 0.3 is 0 Å². The van der Waals surface area contributed by atoms with E-state index in [0.717, 1.165) is 19.1 Å². The zero-order chi connectivity index (χ0) is 12.4. The van der Waals surface area contributed by atoms with Gasteiger partial charge in [0.1, 0.15) is 0 Å². The number of hydrogen-bond donors (Lipinski definition) is 1. The summed E-state index contributed by atoms with van der Waals surface area (Å²) in [6.07, 6.45) is 5.38. The van der Waals surface area contributed by atoms with Crippen molar-refractivity contribution in [3.63, 3.8) is 0 Å². The molecule has 0 bridgehead atoms. The molecule has 0 aromatic rings. The molecule has 1 saturated carbocycles. The number of likely N-dealkylation sites (N-methyl/N-ethyl adjacent to an activating group) is 1. The van der Waals surface area contributed by atoms with E-state index in [9.17, 15) is 0 Å². The van der Waals surface area contributed by atoms with Crippen LogP contribution in [-0.4, -0.2) is 43.3 Å². The molecule has 1 heterocycles. The van der Waals surface area contributed by atoms with Crippen molar-refractivity contribution in [3.05, 3.63) is 0 Å². The van der Waals surface area contributed by atoms with Gasteiger partial charge in [0.15, 0.2) is 0 Å². The first-order valence-electron chi connectivity index (χ1n) is 7.15. The van der Waals surface area contributed by atoms with Crippen molar-refractivity contribution in [2.45, 2.75) is 57.7 Å². The van der Waals surface area contributed by atoms with E-state index < -0.39 is 0 Å². The maximum absolute atomic E-state index is 6.26. The second-order valence-electron chi connectivity index (χ2n) is 6.21. The van der Waals surface area contributed by atoms with Crippen molar-refractivity contribution in [2.75, 3.05) is 20.2 Å². The summed E-state index contributed by atoms with van der Waals surface area (Å²) in [6.45, 7) is 6.62. The average Bonchev–Trinajstić information content (AvgIpc) is 2.70. The molecule has 0 aromatic heterocycles. The first kappa shape index (κ1) is 13.3. The Labute approximate surface area is 106 Å². The lowest BCUT2D eigenvalue weighted by Crippen LogP contribution is -2.46. The molecule has 5 unspecified atom stereocenters. The van der Waals surface area contributed by atoms with E-state index in [4.69, 9.17) is 10.5 Å². The van der Waals surface area contributed by atoms with Crippen LogP contribution in [0, 0.1) is 11.8 Å². The van der Waals surface area contributed by atoms with Gasteiger partial charge in [-0.15, -0.1) is 0 Å². The summed E-state index contributed by atoms with van der Waals surface area (Å²) in [5.74, 6) is 1.53. The van der Waals surface area contributed by atoms with E-state index in [-0.39, 0.29) is 0 Å². The molecule has 1 aliphatic heterocycles. The van der Waals surface area contributed by atoms with E-state index in [1.54, 1.807) is 0 Å². The summed E-state index contributed by atoms with van der Waals surface area (Å²) in [6, 6.07) is 1.01. The predicted octanol–water partition coefficient (Wildman–Crippen LogP) is 1.86. The Morgan fingerprint density at radius 3 is 2.65 bits per heavy atom. The smallest absolute Gasteiger partial charge is 0.0702 e. The second-order valence-corrected chi connectivity index (χ2v) is 6.21. The Morgan fingerprint density at radius 1 is 1.24 bits per heavy atom. The first-order chi connectivity index (χ1) is 8.08. The molecule has 0 aromatic carbocycles. The molecule has 100 valence electrons. The third kappa shape index (κ3) is 3.21. The van der Waals surface area contributed by atoms with Crippen LogP contribution in [0.4, 0.5) is 0 Å². The third-order valence-electron chi connectivity index (χ3n) is 4.73. The maximum Gasteiger partial charge on any atom is 0.0702 e. The van der Waals surface area contributed by atoms with Gasteiger partial charge in [0.25, 0.3) is 0 Å². The first-order valence-corrected chi connectivity index (χ1v) is 7.15. The van der Waals surface area contributed by atoms with Crippen LogP contribution < -0.4 is 5.73 Å². The molecule has 2 rings (SSSR count). The van der Waals surface area contributed by atoms with Crippen molar-refractivity contribution in [1.82, 2.24) is 4.90 Å². The largest absolute Gasteiger partial charge is 0.377 e. The summed E-state index contributed by atoms with van der Waals surface area (Å²) >= 11 is 0. The molecule has 0 amide bonds. The lowest BCUT2D eigenvalue weighted by atomic mass is 9.79. The highest BCUT2D eigenvalue weighted by Crippen LogP contribution is 2.29. The Bertz CT molecular complexity index is 246. The second kappa shape index (κ2) is 5.68. The molecule has 3 heteroatoms. The van der Waals surface area contributed by atoms with Gasteiger partial charge in [-0.2, -0.15) is 0 Å². The predicted molar refractivity (Wildman–Crippen MR) is 70.9 cm³/mol. The quantitative estimate of drug-likeness (QED) is 0.818. The lowest BCUT2D eigenvalue weighted by Gasteiger charge is -2.37. The van der Waals surface area contributed by atoms with Crippen molar-refractivity contribution < 1.29 is 4.74 Å². The number of ether oxygens (including phenoxy) is 1. The van der Waals surface area contributed by atoms with Crippen LogP contribution in [0.2, 0.25) is 0 Å². The minimum atomic E-state index is 0.386. The minimum absolute atomic E-state index is 0.386. The molecule has 1 aliphatic carbocycles. The average molecular weight is 240 g/mol. The van der Waals surface area contributed by atoms with Gasteiger partial charge < -0.3 is 15.4 Å². The number of rotatable bonds is 3. The molecule has 3 nitrogen and oxygen atoms in total. The Balaban J connectivity index is 1.86. The lowest BCUT2D eigenvalue weighted by molar-refractivity contribution is 0.0705. The monoisotopic (exact) mass is 240 g/mol. The van der Waals surface area contributed by atoms with Gasteiger partial charge in [0.2, 0.25) is 0 Å². The van der Waals surface area contributed by atoms with E-state index in [1.165, 1.54) is 25.7 Å². The van der Waals surface area contributed by atoms with Crippen molar-refractivity contribution in [2.24, 2.45) is 17.6 Å². The summed E-state index contributed by atoms with van der Waals surface area (Å²) < 4.78 is 5.65.